The van der Waals surface area contributed by atoms with Gasteiger partial charge >= 0.3 is 0 Å². The molecule has 0 saturated heterocycles. The molecule has 0 saturated carbocycles. The molecule has 0 spiro atoms. The zero-order valence-corrected chi connectivity index (χ0v) is 10.8. The van der Waals surface area contributed by atoms with Crippen LogP contribution in [0.4, 0.5) is 18.9 Å². The quantitative estimate of drug-likeness (QED) is 0.843. The molecule has 0 aliphatic carbocycles. The Morgan fingerprint density at radius 2 is 1.58 bits per heavy atom. The fourth-order valence-corrected chi connectivity index (χ4v) is 2.15. The minimum Gasteiger partial charge on any atom is -0.378 e. The van der Waals surface area contributed by atoms with Crippen molar-refractivity contribution in [2.45, 2.75) is 13.0 Å². The normalized spacial score (nSPS) is 12.3. The van der Waals surface area contributed by atoms with Crippen molar-refractivity contribution >= 4 is 17.3 Å². The van der Waals surface area contributed by atoms with Crippen molar-refractivity contribution in [3.63, 3.8) is 0 Å². The van der Waals surface area contributed by atoms with Crippen LogP contribution in [-0.4, -0.2) is 0 Å². The molecule has 100 valence electrons. The Hall–Kier alpha value is -1.68. The number of hydrogen-bond acceptors (Lipinski definition) is 1. The highest BCUT2D eigenvalue weighted by Gasteiger charge is 2.11. The molecule has 0 aliphatic heterocycles. The molecule has 1 atom stereocenters. The molecule has 2 aromatic rings. The lowest BCUT2D eigenvalue weighted by Gasteiger charge is -2.17. The number of halogens is 4. The van der Waals surface area contributed by atoms with Crippen molar-refractivity contribution in [2.75, 3.05) is 5.32 Å². The summed E-state index contributed by atoms with van der Waals surface area (Å²) in [6, 6.07) is 6.85. The summed E-state index contributed by atoms with van der Waals surface area (Å²) in [5.41, 5.74) is 0.943. The Morgan fingerprint density at radius 1 is 0.947 bits per heavy atom. The predicted molar refractivity (Wildman–Crippen MR) is 69.8 cm³/mol. The lowest BCUT2D eigenvalue weighted by atomic mass is 10.1. The van der Waals surface area contributed by atoms with Gasteiger partial charge in [-0.05, 0) is 36.8 Å². The Labute approximate surface area is 114 Å². The van der Waals surface area contributed by atoms with Crippen LogP contribution in [0.5, 0.6) is 0 Å². The van der Waals surface area contributed by atoms with Crippen LogP contribution in [-0.2, 0) is 0 Å². The molecule has 0 radical (unpaired) electrons. The lowest BCUT2D eigenvalue weighted by molar-refractivity contribution is 0.583. The lowest BCUT2D eigenvalue weighted by Crippen LogP contribution is -2.08. The molecule has 0 aromatic heterocycles. The van der Waals surface area contributed by atoms with Gasteiger partial charge in [-0.3, -0.25) is 0 Å². The van der Waals surface area contributed by atoms with E-state index in [1.54, 1.807) is 6.92 Å². The standard InChI is InChI=1S/C14H11ClF3N/c1-8(13-3-2-9(16)7-14(13)15)19-12-5-10(17)4-11(18)6-12/h2-8,19H,1H3. The molecule has 0 amide bonds. The number of hydrogen-bond donors (Lipinski definition) is 1. The van der Waals surface area contributed by atoms with E-state index in [1.165, 1.54) is 30.3 Å². The first kappa shape index (κ1) is 13.7. The molecular weight excluding hydrogens is 275 g/mol. The number of nitrogens with one attached hydrogen (secondary N) is 1. The van der Waals surface area contributed by atoms with E-state index in [0.29, 0.717) is 11.3 Å². The third kappa shape index (κ3) is 3.41. The molecule has 0 fully saturated rings. The first-order valence-corrected chi connectivity index (χ1v) is 6.01. The predicted octanol–water partition coefficient (Wildman–Crippen LogP) is 4.93. The van der Waals surface area contributed by atoms with Crippen molar-refractivity contribution in [2.24, 2.45) is 0 Å². The molecule has 2 aromatic carbocycles. The maximum Gasteiger partial charge on any atom is 0.128 e. The topological polar surface area (TPSA) is 12.0 Å². The zero-order chi connectivity index (χ0) is 14.0. The molecular formula is C14H11ClF3N. The number of rotatable bonds is 3. The summed E-state index contributed by atoms with van der Waals surface area (Å²) in [4.78, 5) is 0. The highest BCUT2D eigenvalue weighted by atomic mass is 35.5. The van der Waals surface area contributed by atoms with Crippen LogP contribution in [0.3, 0.4) is 0 Å². The first-order chi connectivity index (χ1) is 8.95. The summed E-state index contributed by atoms with van der Waals surface area (Å²) in [6.45, 7) is 1.77. The molecule has 0 aliphatic rings. The minimum absolute atomic E-state index is 0.261. The van der Waals surface area contributed by atoms with Gasteiger partial charge in [0.2, 0.25) is 0 Å². The van der Waals surface area contributed by atoms with E-state index in [9.17, 15) is 13.2 Å². The molecule has 1 unspecified atom stereocenters. The molecule has 1 nitrogen and oxygen atoms in total. The van der Waals surface area contributed by atoms with E-state index in [0.717, 1.165) is 6.07 Å². The van der Waals surface area contributed by atoms with E-state index >= 15 is 0 Å². The van der Waals surface area contributed by atoms with Crippen molar-refractivity contribution < 1.29 is 13.2 Å². The van der Waals surface area contributed by atoms with Crippen molar-refractivity contribution in [3.05, 3.63) is 64.4 Å². The Bertz CT molecular complexity index is 581. The molecule has 5 heteroatoms. The summed E-state index contributed by atoms with van der Waals surface area (Å²) >= 11 is 5.93. The van der Waals surface area contributed by atoms with Gasteiger partial charge < -0.3 is 5.32 Å². The largest absolute Gasteiger partial charge is 0.378 e. The summed E-state index contributed by atoms with van der Waals surface area (Å²) in [6.07, 6.45) is 0. The van der Waals surface area contributed by atoms with Gasteiger partial charge in [0.1, 0.15) is 17.5 Å². The molecule has 0 heterocycles. The smallest absolute Gasteiger partial charge is 0.128 e. The highest BCUT2D eigenvalue weighted by molar-refractivity contribution is 6.31. The minimum atomic E-state index is -0.667. The number of anilines is 1. The fourth-order valence-electron chi connectivity index (χ4n) is 1.82. The maximum absolute atomic E-state index is 13.1. The van der Waals surface area contributed by atoms with E-state index < -0.39 is 17.5 Å². The second kappa shape index (κ2) is 5.53. The van der Waals surface area contributed by atoms with Gasteiger partial charge in [-0.2, -0.15) is 0 Å². The average molecular weight is 286 g/mol. The van der Waals surface area contributed by atoms with Gasteiger partial charge in [0.05, 0.1) is 0 Å². The van der Waals surface area contributed by atoms with E-state index in [-0.39, 0.29) is 11.1 Å². The van der Waals surface area contributed by atoms with Gasteiger partial charge in [-0.15, -0.1) is 0 Å². The van der Waals surface area contributed by atoms with Crippen LogP contribution in [0.15, 0.2) is 36.4 Å². The van der Waals surface area contributed by atoms with Gasteiger partial charge in [-0.25, -0.2) is 13.2 Å². The van der Waals surface area contributed by atoms with Gasteiger partial charge in [0.15, 0.2) is 0 Å². The molecule has 0 bridgehead atoms. The maximum atomic E-state index is 13.1. The Kier molecular flexibility index (Phi) is 4.00. The van der Waals surface area contributed by atoms with Gasteiger partial charge in [0.25, 0.3) is 0 Å². The van der Waals surface area contributed by atoms with E-state index in [1.807, 2.05) is 0 Å². The van der Waals surface area contributed by atoms with Crippen LogP contribution in [0.25, 0.3) is 0 Å². The SMILES string of the molecule is CC(Nc1cc(F)cc(F)c1)c1ccc(F)cc1Cl. The first-order valence-electron chi connectivity index (χ1n) is 5.63. The fraction of sp³-hybridized carbons (Fsp3) is 0.143. The number of benzene rings is 2. The van der Waals surface area contributed by atoms with E-state index in [2.05, 4.69) is 5.32 Å². The van der Waals surface area contributed by atoms with Crippen molar-refractivity contribution in [1.29, 1.82) is 0 Å². The second-order valence-corrected chi connectivity index (χ2v) is 4.60. The van der Waals surface area contributed by atoms with Crippen LogP contribution < -0.4 is 5.32 Å². The summed E-state index contributed by atoms with van der Waals surface area (Å²) in [5.74, 6) is -1.77. The van der Waals surface area contributed by atoms with Gasteiger partial charge in [0, 0.05) is 22.8 Å². The third-order valence-electron chi connectivity index (χ3n) is 2.67. The van der Waals surface area contributed by atoms with Crippen molar-refractivity contribution in [1.82, 2.24) is 0 Å². The van der Waals surface area contributed by atoms with Crippen LogP contribution in [0.2, 0.25) is 5.02 Å². The molecule has 1 N–H and O–H groups in total. The van der Waals surface area contributed by atoms with Gasteiger partial charge in [-0.1, -0.05) is 17.7 Å². The van der Waals surface area contributed by atoms with Crippen LogP contribution in [0, 0.1) is 17.5 Å². The summed E-state index contributed by atoms with van der Waals surface area (Å²) < 4.78 is 39.1. The summed E-state index contributed by atoms with van der Waals surface area (Å²) in [7, 11) is 0. The van der Waals surface area contributed by atoms with Crippen LogP contribution in [0.1, 0.15) is 18.5 Å². The Morgan fingerprint density at radius 3 is 2.16 bits per heavy atom. The monoisotopic (exact) mass is 285 g/mol. The Balaban J connectivity index is 2.22. The zero-order valence-electron chi connectivity index (χ0n) is 10.1. The molecule has 19 heavy (non-hydrogen) atoms. The summed E-state index contributed by atoms with van der Waals surface area (Å²) in [5, 5.41) is 3.17. The molecule has 2 rings (SSSR count). The second-order valence-electron chi connectivity index (χ2n) is 4.19. The van der Waals surface area contributed by atoms with E-state index in [4.69, 9.17) is 11.6 Å². The highest BCUT2D eigenvalue weighted by Crippen LogP contribution is 2.27. The van der Waals surface area contributed by atoms with Crippen molar-refractivity contribution in [3.8, 4) is 0 Å². The van der Waals surface area contributed by atoms with Crippen LogP contribution >= 0.6 is 11.6 Å². The third-order valence-corrected chi connectivity index (χ3v) is 3.00. The average Bonchev–Trinajstić information content (AvgIpc) is 2.26.